The minimum atomic E-state index is -1.06. The van der Waals surface area contributed by atoms with Crippen LogP contribution in [0.2, 0.25) is 0 Å². The number of hydrogen-bond acceptors (Lipinski definition) is 3. The Kier molecular flexibility index (Phi) is 5.25. The molecule has 0 aromatic rings. The first-order valence-corrected chi connectivity index (χ1v) is 8.36. The van der Waals surface area contributed by atoms with E-state index < -0.39 is 17.0 Å². The van der Waals surface area contributed by atoms with E-state index in [4.69, 9.17) is 0 Å². The van der Waals surface area contributed by atoms with Crippen molar-refractivity contribution >= 4 is 11.9 Å². The first-order valence-electron chi connectivity index (χ1n) is 8.36. The van der Waals surface area contributed by atoms with E-state index in [1.807, 2.05) is 0 Å². The van der Waals surface area contributed by atoms with Crippen molar-refractivity contribution in [1.82, 2.24) is 10.6 Å². The van der Waals surface area contributed by atoms with Crippen LogP contribution < -0.4 is 10.6 Å². The van der Waals surface area contributed by atoms with Gasteiger partial charge in [-0.05, 0) is 38.6 Å². The highest BCUT2D eigenvalue weighted by Gasteiger charge is 2.46. The molecule has 0 aromatic carbocycles. The molecule has 21 heavy (non-hydrogen) atoms. The van der Waals surface area contributed by atoms with Crippen molar-refractivity contribution < 1.29 is 14.7 Å². The molecule has 1 aliphatic carbocycles. The van der Waals surface area contributed by atoms with Crippen molar-refractivity contribution in [3.05, 3.63) is 0 Å². The molecule has 2 rings (SSSR count). The Morgan fingerprint density at radius 3 is 2.24 bits per heavy atom. The molecule has 0 aromatic heterocycles. The second kappa shape index (κ2) is 6.77. The highest BCUT2D eigenvalue weighted by molar-refractivity contribution is 5.92. The molecule has 5 heteroatoms. The SMILES string of the molecule is CCCC1(C(=O)NC2(C(=O)O)CCCCCC2)CCCN1. The Hall–Kier alpha value is -1.10. The highest BCUT2D eigenvalue weighted by atomic mass is 16.4. The van der Waals surface area contributed by atoms with Gasteiger partial charge in [-0.3, -0.25) is 4.79 Å². The van der Waals surface area contributed by atoms with E-state index in [1.165, 1.54) is 0 Å². The van der Waals surface area contributed by atoms with E-state index >= 15 is 0 Å². The largest absolute Gasteiger partial charge is 0.480 e. The highest BCUT2D eigenvalue weighted by Crippen LogP contribution is 2.31. The molecule has 5 nitrogen and oxygen atoms in total. The number of amides is 1. The van der Waals surface area contributed by atoms with E-state index in [0.29, 0.717) is 12.8 Å². The number of carboxylic acid groups (broad SMARTS) is 1. The van der Waals surface area contributed by atoms with Crippen molar-refractivity contribution in [2.24, 2.45) is 0 Å². The van der Waals surface area contributed by atoms with E-state index in [0.717, 1.165) is 57.9 Å². The van der Waals surface area contributed by atoms with E-state index in [-0.39, 0.29) is 5.91 Å². The summed E-state index contributed by atoms with van der Waals surface area (Å²) in [4.78, 5) is 24.6. The zero-order valence-electron chi connectivity index (χ0n) is 13.0. The lowest BCUT2D eigenvalue weighted by Gasteiger charge is -2.35. The fraction of sp³-hybridized carbons (Fsp3) is 0.875. The lowest BCUT2D eigenvalue weighted by Crippen LogP contribution is -2.62. The van der Waals surface area contributed by atoms with Gasteiger partial charge >= 0.3 is 5.97 Å². The van der Waals surface area contributed by atoms with Gasteiger partial charge in [0.25, 0.3) is 0 Å². The maximum absolute atomic E-state index is 12.8. The van der Waals surface area contributed by atoms with Crippen LogP contribution in [0.1, 0.15) is 71.1 Å². The van der Waals surface area contributed by atoms with Crippen molar-refractivity contribution in [2.45, 2.75) is 82.2 Å². The summed E-state index contributed by atoms with van der Waals surface area (Å²) in [6, 6.07) is 0. The third-order valence-corrected chi connectivity index (χ3v) is 5.07. The van der Waals surface area contributed by atoms with Crippen LogP contribution in [0.25, 0.3) is 0 Å². The minimum absolute atomic E-state index is 0.105. The lowest BCUT2D eigenvalue weighted by molar-refractivity contribution is -0.149. The Bertz CT molecular complexity index is 381. The van der Waals surface area contributed by atoms with Crippen LogP contribution in [-0.2, 0) is 9.59 Å². The lowest BCUT2D eigenvalue weighted by atomic mass is 9.86. The summed E-state index contributed by atoms with van der Waals surface area (Å²) < 4.78 is 0. The third kappa shape index (κ3) is 3.39. The molecule has 1 saturated heterocycles. The van der Waals surface area contributed by atoms with Crippen molar-refractivity contribution in [1.29, 1.82) is 0 Å². The summed E-state index contributed by atoms with van der Waals surface area (Å²) >= 11 is 0. The summed E-state index contributed by atoms with van der Waals surface area (Å²) in [6.45, 7) is 2.90. The summed E-state index contributed by atoms with van der Waals surface area (Å²) in [5.74, 6) is -0.978. The van der Waals surface area contributed by atoms with E-state index in [2.05, 4.69) is 17.6 Å². The van der Waals surface area contributed by atoms with Crippen LogP contribution in [0.3, 0.4) is 0 Å². The van der Waals surface area contributed by atoms with Crippen molar-refractivity contribution in [2.75, 3.05) is 6.54 Å². The summed E-state index contributed by atoms with van der Waals surface area (Å²) in [7, 11) is 0. The summed E-state index contributed by atoms with van der Waals surface area (Å²) in [5, 5.41) is 15.9. The zero-order chi connectivity index (χ0) is 15.3. The average molecular weight is 296 g/mol. The summed E-state index contributed by atoms with van der Waals surface area (Å²) in [6.07, 6.45) is 8.45. The Morgan fingerprint density at radius 2 is 1.76 bits per heavy atom. The van der Waals surface area contributed by atoms with Gasteiger partial charge in [0.2, 0.25) is 5.91 Å². The molecule has 0 radical (unpaired) electrons. The monoisotopic (exact) mass is 296 g/mol. The predicted molar refractivity (Wildman–Crippen MR) is 81.1 cm³/mol. The number of carbonyl (C=O) groups excluding carboxylic acids is 1. The van der Waals surface area contributed by atoms with Gasteiger partial charge in [0.1, 0.15) is 5.54 Å². The smallest absolute Gasteiger partial charge is 0.329 e. The Labute approximate surface area is 126 Å². The van der Waals surface area contributed by atoms with Crippen LogP contribution in [-0.4, -0.2) is 34.6 Å². The Morgan fingerprint density at radius 1 is 1.10 bits per heavy atom. The standard InChI is InChI=1S/C16H28N2O3/c1-2-8-15(11-7-12-17-15)13(19)18-16(14(20)21)9-5-3-4-6-10-16/h17H,2-12H2,1H3,(H,18,19)(H,20,21). The third-order valence-electron chi connectivity index (χ3n) is 5.07. The van der Waals surface area contributed by atoms with Crippen LogP contribution in [0.15, 0.2) is 0 Å². The van der Waals surface area contributed by atoms with Gasteiger partial charge in [-0.15, -0.1) is 0 Å². The van der Waals surface area contributed by atoms with Crippen LogP contribution in [0.5, 0.6) is 0 Å². The number of rotatable bonds is 5. The number of nitrogens with one attached hydrogen (secondary N) is 2. The van der Waals surface area contributed by atoms with Gasteiger partial charge in [-0.2, -0.15) is 0 Å². The molecule has 0 bridgehead atoms. The number of carbonyl (C=O) groups is 2. The fourth-order valence-electron chi connectivity index (χ4n) is 3.82. The fourth-order valence-corrected chi connectivity index (χ4v) is 3.82. The Balaban J connectivity index is 2.15. The molecule has 1 unspecified atom stereocenters. The van der Waals surface area contributed by atoms with Crippen LogP contribution >= 0.6 is 0 Å². The maximum atomic E-state index is 12.8. The second-order valence-corrected chi connectivity index (χ2v) is 6.62. The first kappa shape index (κ1) is 16.3. The second-order valence-electron chi connectivity index (χ2n) is 6.62. The predicted octanol–water partition coefficient (Wildman–Crippen LogP) is 2.20. The van der Waals surface area contributed by atoms with Gasteiger partial charge in [-0.1, -0.05) is 39.0 Å². The van der Waals surface area contributed by atoms with Gasteiger partial charge in [-0.25, -0.2) is 4.79 Å². The molecular weight excluding hydrogens is 268 g/mol. The number of aliphatic carboxylic acids is 1. The van der Waals surface area contributed by atoms with Crippen molar-refractivity contribution in [3.63, 3.8) is 0 Å². The first-order chi connectivity index (χ1) is 10.0. The maximum Gasteiger partial charge on any atom is 0.329 e. The molecule has 120 valence electrons. The molecule has 1 saturated carbocycles. The topological polar surface area (TPSA) is 78.4 Å². The molecule has 3 N–H and O–H groups in total. The molecule has 1 heterocycles. The molecule has 2 aliphatic rings. The molecule has 2 fully saturated rings. The molecule has 0 spiro atoms. The van der Waals surface area contributed by atoms with Crippen LogP contribution in [0, 0.1) is 0 Å². The summed E-state index contributed by atoms with van der Waals surface area (Å²) in [5.41, 5.74) is -1.61. The number of hydrogen-bond donors (Lipinski definition) is 3. The molecule has 1 aliphatic heterocycles. The van der Waals surface area contributed by atoms with E-state index in [1.54, 1.807) is 0 Å². The molecule has 1 atom stereocenters. The number of carboxylic acids is 1. The van der Waals surface area contributed by atoms with Crippen LogP contribution in [0.4, 0.5) is 0 Å². The van der Waals surface area contributed by atoms with Gasteiger partial charge in [0.05, 0.1) is 5.54 Å². The van der Waals surface area contributed by atoms with Crippen molar-refractivity contribution in [3.8, 4) is 0 Å². The zero-order valence-corrected chi connectivity index (χ0v) is 13.0. The van der Waals surface area contributed by atoms with Gasteiger partial charge in [0, 0.05) is 0 Å². The molecule has 1 amide bonds. The quantitative estimate of drug-likeness (QED) is 0.680. The average Bonchev–Trinajstić information content (AvgIpc) is 2.79. The van der Waals surface area contributed by atoms with Gasteiger partial charge < -0.3 is 15.7 Å². The van der Waals surface area contributed by atoms with E-state index in [9.17, 15) is 14.7 Å². The minimum Gasteiger partial charge on any atom is -0.480 e. The molecular formula is C16H28N2O3. The normalized spacial score (nSPS) is 28.8. The van der Waals surface area contributed by atoms with Gasteiger partial charge in [0.15, 0.2) is 0 Å².